The third-order valence-corrected chi connectivity index (χ3v) is 7.16. The van der Waals surface area contributed by atoms with Gasteiger partial charge in [0.1, 0.15) is 0 Å². The van der Waals surface area contributed by atoms with Gasteiger partial charge in [0.15, 0.2) is 5.96 Å². The predicted molar refractivity (Wildman–Crippen MR) is 117 cm³/mol. The molecule has 4 fully saturated rings. The molecule has 150 valence electrons. The number of piperidine rings is 1. The Labute approximate surface area is 176 Å². The van der Waals surface area contributed by atoms with Gasteiger partial charge in [0, 0.05) is 50.3 Å². The molecule has 6 heteroatoms. The van der Waals surface area contributed by atoms with Crippen molar-refractivity contribution in [3.05, 3.63) is 0 Å². The number of hydrogen-bond donors (Lipinski definition) is 2. The maximum absolute atomic E-state index is 6.05. The van der Waals surface area contributed by atoms with Gasteiger partial charge in [-0.05, 0) is 51.9 Å². The Morgan fingerprint density at radius 1 is 1.12 bits per heavy atom. The summed E-state index contributed by atoms with van der Waals surface area (Å²) in [5, 5.41) is 7.47. The van der Waals surface area contributed by atoms with Gasteiger partial charge < -0.3 is 20.3 Å². The maximum Gasteiger partial charge on any atom is 0.191 e. The number of guanidine groups is 1. The Bertz CT molecular complexity index is 482. The third-order valence-electron chi connectivity index (χ3n) is 7.16. The van der Waals surface area contributed by atoms with Crippen LogP contribution < -0.4 is 10.6 Å². The highest BCUT2D eigenvalue weighted by Crippen LogP contribution is 2.54. The summed E-state index contributed by atoms with van der Waals surface area (Å²) in [6, 6.07) is 2.01. The van der Waals surface area contributed by atoms with Crippen LogP contribution in [-0.4, -0.2) is 61.8 Å². The molecule has 4 aliphatic rings. The summed E-state index contributed by atoms with van der Waals surface area (Å²) >= 11 is 0. The number of rotatable bonds is 5. The highest BCUT2D eigenvalue weighted by atomic mass is 127. The fourth-order valence-corrected chi connectivity index (χ4v) is 5.47. The zero-order valence-electron chi connectivity index (χ0n) is 16.5. The van der Waals surface area contributed by atoms with Crippen LogP contribution in [0, 0.1) is 5.41 Å². The van der Waals surface area contributed by atoms with Crippen molar-refractivity contribution < 1.29 is 4.74 Å². The zero-order chi connectivity index (χ0) is 17.3. The number of nitrogens with zero attached hydrogens (tertiary/aromatic N) is 2. The molecule has 5 nitrogen and oxygen atoms in total. The molecule has 0 radical (unpaired) electrons. The lowest BCUT2D eigenvalue weighted by molar-refractivity contribution is -0.125. The molecule has 2 atom stereocenters. The van der Waals surface area contributed by atoms with E-state index in [1.165, 1.54) is 64.5 Å². The molecule has 3 aliphatic carbocycles. The molecule has 3 saturated carbocycles. The fraction of sp³-hybridized carbons (Fsp3) is 0.950. The molecular weight excluding hydrogens is 439 g/mol. The van der Waals surface area contributed by atoms with E-state index in [0.717, 1.165) is 25.0 Å². The molecule has 1 heterocycles. The van der Waals surface area contributed by atoms with Crippen LogP contribution in [0.2, 0.25) is 0 Å². The quantitative estimate of drug-likeness (QED) is 0.364. The second-order valence-electron chi connectivity index (χ2n) is 8.57. The normalized spacial score (nSPS) is 32.2. The van der Waals surface area contributed by atoms with Crippen molar-refractivity contribution >= 4 is 29.9 Å². The van der Waals surface area contributed by atoms with Gasteiger partial charge in [-0.2, -0.15) is 0 Å². The SMILES string of the molecule is CCOC1CC(NC(=NC)NC2CCN(C3CC3)CC2)C12CCCC2.I. The van der Waals surface area contributed by atoms with Gasteiger partial charge in [0.05, 0.1) is 6.10 Å². The summed E-state index contributed by atoms with van der Waals surface area (Å²) in [6.45, 7) is 5.46. The van der Waals surface area contributed by atoms with Crippen LogP contribution in [0.4, 0.5) is 0 Å². The van der Waals surface area contributed by atoms with Gasteiger partial charge in [-0.3, -0.25) is 4.99 Å². The van der Waals surface area contributed by atoms with Gasteiger partial charge in [0.2, 0.25) is 0 Å². The van der Waals surface area contributed by atoms with Crippen LogP contribution in [0.25, 0.3) is 0 Å². The molecule has 0 aromatic carbocycles. The first-order valence-electron chi connectivity index (χ1n) is 10.6. The van der Waals surface area contributed by atoms with E-state index in [-0.39, 0.29) is 24.0 Å². The van der Waals surface area contributed by atoms with Crippen molar-refractivity contribution in [2.75, 3.05) is 26.7 Å². The molecule has 0 amide bonds. The first kappa shape index (κ1) is 20.6. The number of nitrogens with one attached hydrogen (secondary N) is 2. The van der Waals surface area contributed by atoms with E-state index in [9.17, 15) is 0 Å². The Balaban J connectivity index is 0.00000196. The lowest BCUT2D eigenvalue weighted by atomic mass is 9.60. The summed E-state index contributed by atoms with van der Waals surface area (Å²) in [6.07, 6.45) is 12.3. The van der Waals surface area contributed by atoms with Crippen LogP contribution in [0.3, 0.4) is 0 Å². The van der Waals surface area contributed by atoms with Crippen LogP contribution in [0.5, 0.6) is 0 Å². The average molecular weight is 476 g/mol. The monoisotopic (exact) mass is 476 g/mol. The van der Waals surface area contributed by atoms with Gasteiger partial charge in [0.25, 0.3) is 0 Å². The van der Waals surface area contributed by atoms with Gasteiger partial charge in [-0.15, -0.1) is 24.0 Å². The molecule has 0 aromatic heterocycles. The average Bonchev–Trinajstić information content (AvgIpc) is 3.35. The minimum Gasteiger partial charge on any atom is -0.378 e. The topological polar surface area (TPSA) is 48.9 Å². The van der Waals surface area contributed by atoms with Crippen LogP contribution in [0.1, 0.15) is 64.7 Å². The summed E-state index contributed by atoms with van der Waals surface area (Å²) in [4.78, 5) is 7.22. The van der Waals surface area contributed by atoms with Gasteiger partial charge in [-0.25, -0.2) is 0 Å². The molecular formula is C20H37IN4O. The second kappa shape index (κ2) is 8.95. The third kappa shape index (κ3) is 4.17. The highest BCUT2D eigenvalue weighted by molar-refractivity contribution is 14.0. The van der Waals surface area contributed by atoms with Crippen molar-refractivity contribution in [3.8, 4) is 0 Å². The maximum atomic E-state index is 6.05. The molecule has 2 unspecified atom stereocenters. The Hall–Kier alpha value is -0.0800. The summed E-state index contributed by atoms with van der Waals surface area (Å²) < 4.78 is 6.05. The van der Waals surface area contributed by atoms with Crippen molar-refractivity contribution in [3.63, 3.8) is 0 Å². The van der Waals surface area contributed by atoms with Crippen LogP contribution in [-0.2, 0) is 4.74 Å². The summed E-state index contributed by atoms with van der Waals surface area (Å²) in [5.41, 5.74) is 0.364. The minimum atomic E-state index is 0. The summed E-state index contributed by atoms with van der Waals surface area (Å²) in [7, 11) is 1.91. The van der Waals surface area contributed by atoms with Crippen molar-refractivity contribution in [2.24, 2.45) is 10.4 Å². The standard InChI is InChI=1S/C20H36N4O.HI/c1-3-25-18-14-17(20(18)10-4-5-11-20)23-19(21-2)22-15-8-12-24(13-9-15)16-6-7-16;/h15-18H,3-14H2,1-2H3,(H2,21,22,23);1H. The van der Waals surface area contributed by atoms with E-state index in [1.54, 1.807) is 0 Å². The van der Waals surface area contributed by atoms with E-state index >= 15 is 0 Å². The Kier molecular flexibility index (Phi) is 7.11. The van der Waals surface area contributed by atoms with E-state index in [1.807, 2.05) is 7.05 Å². The number of aliphatic imine (C=N–C) groups is 1. The number of hydrogen-bond acceptors (Lipinski definition) is 3. The molecule has 0 aromatic rings. The lowest BCUT2D eigenvalue weighted by Gasteiger charge is -2.54. The number of ether oxygens (including phenoxy) is 1. The minimum absolute atomic E-state index is 0. The number of halogens is 1. The second-order valence-corrected chi connectivity index (χ2v) is 8.57. The van der Waals surface area contributed by atoms with Gasteiger partial charge >= 0.3 is 0 Å². The first-order valence-corrected chi connectivity index (χ1v) is 10.6. The largest absolute Gasteiger partial charge is 0.378 e. The smallest absolute Gasteiger partial charge is 0.191 e. The van der Waals surface area contributed by atoms with E-state index in [4.69, 9.17) is 4.74 Å². The molecule has 1 spiro atoms. The molecule has 1 saturated heterocycles. The van der Waals surface area contributed by atoms with E-state index in [0.29, 0.717) is 23.6 Å². The van der Waals surface area contributed by atoms with E-state index in [2.05, 4.69) is 27.4 Å². The van der Waals surface area contributed by atoms with E-state index < -0.39 is 0 Å². The Morgan fingerprint density at radius 3 is 2.38 bits per heavy atom. The molecule has 1 aliphatic heterocycles. The molecule has 2 N–H and O–H groups in total. The van der Waals surface area contributed by atoms with Crippen molar-refractivity contribution in [1.82, 2.24) is 15.5 Å². The van der Waals surface area contributed by atoms with Crippen LogP contribution in [0.15, 0.2) is 4.99 Å². The van der Waals surface area contributed by atoms with Crippen molar-refractivity contribution in [1.29, 1.82) is 0 Å². The Morgan fingerprint density at radius 2 is 1.81 bits per heavy atom. The van der Waals surface area contributed by atoms with Crippen molar-refractivity contribution in [2.45, 2.75) is 88.9 Å². The zero-order valence-corrected chi connectivity index (χ0v) is 18.8. The van der Waals surface area contributed by atoms with Crippen LogP contribution >= 0.6 is 24.0 Å². The molecule has 26 heavy (non-hydrogen) atoms. The number of likely N-dealkylation sites (tertiary alicyclic amines) is 1. The summed E-state index contributed by atoms with van der Waals surface area (Å²) in [5.74, 6) is 1.01. The van der Waals surface area contributed by atoms with Gasteiger partial charge in [-0.1, -0.05) is 12.8 Å². The molecule has 0 bridgehead atoms. The first-order chi connectivity index (χ1) is 12.2. The fourth-order valence-electron chi connectivity index (χ4n) is 5.47. The highest BCUT2D eigenvalue weighted by Gasteiger charge is 2.57. The predicted octanol–water partition coefficient (Wildman–Crippen LogP) is 3.13. The molecule has 4 rings (SSSR count). The lowest BCUT2D eigenvalue weighted by Crippen LogP contribution is -2.65.